The third kappa shape index (κ3) is 3.26. The predicted molar refractivity (Wildman–Crippen MR) is 80.2 cm³/mol. The van der Waals surface area contributed by atoms with Gasteiger partial charge in [-0.3, -0.25) is 9.78 Å². The van der Waals surface area contributed by atoms with Crippen LogP contribution in [0.15, 0.2) is 35.5 Å². The molecule has 0 atom stereocenters. The van der Waals surface area contributed by atoms with Crippen molar-refractivity contribution in [1.29, 1.82) is 0 Å². The molecule has 2 heterocycles. The van der Waals surface area contributed by atoms with E-state index >= 15 is 0 Å². The Bertz CT molecular complexity index is 647. The molecule has 0 bridgehead atoms. The first kappa shape index (κ1) is 13.7. The van der Waals surface area contributed by atoms with E-state index in [9.17, 15) is 4.79 Å². The molecule has 21 heavy (non-hydrogen) atoms. The maximum Gasteiger partial charge on any atom is 0.267 e. The number of aromatic nitrogens is 4. The van der Waals surface area contributed by atoms with Crippen molar-refractivity contribution in [3.63, 3.8) is 0 Å². The Balaban J connectivity index is 1.63. The first-order valence-electron chi connectivity index (χ1n) is 7.31. The van der Waals surface area contributed by atoms with Crippen LogP contribution in [-0.4, -0.2) is 25.8 Å². The molecule has 0 amide bonds. The summed E-state index contributed by atoms with van der Waals surface area (Å²) in [6, 6.07) is 3.96. The highest BCUT2D eigenvalue weighted by molar-refractivity contribution is 5.31. The Morgan fingerprint density at radius 2 is 2.00 bits per heavy atom. The van der Waals surface area contributed by atoms with E-state index in [1.807, 2.05) is 6.92 Å². The number of aryl methyl sites for hydroxylation is 1. The lowest BCUT2D eigenvalue weighted by molar-refractivity contribution is 0.302. The zero-order valence-electron chi connectivity index (χ0n) is 12.1. The summed E-state index contributed by atoms with van der Waals surface area (Å²) in [6.07, 6.45) is 9.00. The van der Waals surface area contributed by atoms with E-state index < -0.39 is 0 Å². The number of nitrogens with zero attached hydrogens (tertiary/aromatic N) is 4. The third-order valence-electron chi connectivity index (χ3n) is 3.92. The minimum atomic E-state index is -0.00839. The van der Waals surface area contributed by atoms with Crippen molar-refractivity contribution < 1.29 is 0 Å². The molecule has 3 rings (SSSR count). The molecule has 0 aliphatic heterocycles. The van der Waals surface area contributed by atoms with Gasteiger partial charge < -0.3 is 5.32 Å². The lowest BCUT2D eigenvalue weighted by Gasteiger charge is -2.29. The van der Waals surface area contributed by atoms with Gasteiger partial charge in [-0.2, -0.15) is 5.10 Å². The van der Waals surface area contributed by atoms with Gasteiger partial charge in [-0.1, -0.05) is 0 Å². The highest BCUT2D eigenvalue weighted by atomic mass is 16.1. The van der Waals surface area contributed by atoms with E-state index in [0.29, 0.717) is 6.04 Å². The lowest BCUT2D eigenvalue weighted by atomic mass is 9.91. The summed E-state index contributed by atoms with van der Waals surface area (Å²) in [7, 11) is 0. The van der Waals surface area contributed by atoms with Gasteiger partial charge >= 0.3 is 0 Å². The van der Waals surface area contributed by atoms with Gasteiger partial charge in [-0.25, -0.2) is 9.67 Å². The highest BCUT2D eigenvalue weighted by Gasteiger charge is 2.23. The second-order valence-corrected chi connectivity index (χ2v) is 5.50. The van der Waals surface area contributed by atoms with Crippen molar-refractivity contribution in [3.8, 4) is 0 Å². The van der Waals surface area contributed by atoms with Crippen molar-refractivity contribution in [1.82, 2.24) is 19.7 Å². The van der Waals surface area contributed by atoms with Crippen LogP contribution in [0.4, 0.5) is 5.82 Å². The van der Waals surface area contributed by atoms with Crippen LogP contribution >= 0.6 is 0 Å². The minimum absolute atomic E-state index is 0.00839. The van der Waals surface area contributed by atoms with Crippen LogP contribution in [0.1, 0.15) is 37.4 Å². The predicted octanol–water partition coefficient (Wildman–Crippen LogP) is 1.94. The maximum absolute atomic E-state index is 11.9. The average molecular weight is 285 g/mol. The fourth-order valence-electron chi connectivity index (χ4n) is 2.83. The topological polar surface area (TPSA) is 72.7 Å². The summed E-state index contributed by atoms with van der Waals surface area (Å²) in [5, 5.41) is 7.76. The van der Waals surface area contributed by atoms with E-state index in [1.54, 1.807) is 35.4 Å². The zero-order chi connectivity index (χ0) is 14.7. The van der Waals surface area contributed by atoms with Crippen LogP contribution in [0, 0.1) is 6.92 Å². The quantitative estimate of drug-likeness (QED) is 0.933. The third-order valence-corrected chi connectivity index (χ3v) is 3.92. The Morgan fingerprint density at radius 1 is 1.19 bits per heavy atom. The second kappa shape index (κ2) is 6.03. The first-order chi connectivity index (χ1) is 10.2. The second-order valence-electron chi connectivity index (χ2n) is 5.50. The van der Waals surface area contributed by atoms with Gasteiger partial charge in [0.2, 0.25) is 0 Å². The van der Waals surface area contributed by atoms with Crippen molar-refractivity contribution in [2.45, 2.75) is 44.7 Å². The maximum atomic E-state index is 11.9. The van der Waals surface area contributed by atoms with Gasteiger partial charge in [0.25, 0.3) is 5.56 Å². The van der Waals surface area contributed by atoms with Gasteiger partial charge in [-0.15, -0.1) is 0 Å². The van der Waals surface area contributed by atoms with Crippen molar-refractivity contribution >= 4 is 5.82 Å². The van der Waals surface area contributed by atoms with E-state index in [1.165, 1.54) is 0 Å². The fourth-order valence-corrected chi connectivity index (χ4v) is 2.83. The van der Waals surface area contributed by atoms with Crippen LogP contribution in [0.5, 0.6) is 0 Å². The monoisotopic (exact) mass is 285 g/mol. The minimum Gasteiger partial charge on any atom is -0.366 e. The van der Waals surface area contributed by atoms with Crippen LogP contribution < -0.4 is 10.9 Å². The molecule has 0 unspecified atom stereocenters. The van der Waals surface area contributed by atoms with Gasteiger partial charge in [0.05, 0.1) is 17.9 Å². The number of nitrogens with one attached hydrogen (secondary N) is 1. The Hall–Kier alpha value is -2.24. The molecular formula is C15H19N5O. The van der Waals surface area contributed by atoms with Gasteiger partial charge in [0, 0.05) is 24.5 Å². The lowest BCUT2D eigenvalue weighted by Crippen LogP contribution is -2.33. The molecule has 1 saturated carbocycles. The Kier molecular flexibility index (Phi) is 3.94. The van der Waals surface area contributed by atoms with Crippen molar-refractivity contribution in [2.24, 2.45) is 0 Å². The molecule has 0 spiro atoms. The number of rotatable bonds is 3. The van der Waals surface area contributed by atoms with E-state index in [4.69, 9.17) is 0 Å². The molecule has 1 fully saturated rings. The number of hydrogen-bond donors (Lipinski definition) is 1. The molecular weight excluding hydrogens is 266 g/mol. The summed E-state index contributed by atoms with van der Waals surface area (Å²) in [6.45, 7) is 1.91. The molecule has 1 aliphatic rings. The molecule has 6 nitrogen and oxygen atoms in total. The van der Waals surface area contributed by atoms with Crippen molar-refractivity contribution in [2.75, 3.05) is 5.32 Å². The summed E-state index contributed by atoms with van der Waals surface area (Å²) >= 11 is 0. The number of anilines is 1. The summed E-state index contributed by atoms with van der Waals surface area (Å²) in [5.74, 6) is 0.812. The molecule has 0 saturated heterocycles. The van der Waals surface area contributed by atoms with Crippen LogP contribution in [0.2, 0.25) is 0 Å². The van der Waals surface area contributed by atoms with E-state index in [2.05, 4.69) is 20.4 Å². The summed E-state index contributed by atoms with van der Waals surface area (Å²) < 4.78 is 1.65. The van der Waals surface area contributed by atoms with Crippen LogP contribution in [0.25, 0.3) is 0 Å². The van der Waals surface area contributed by atoms with E-state index in [-0.39, 0.29) is 11.6 Å². The standard InChI is InChI=1S/C15H19N5O/c1-11-2-7-15(21)20(19-11)13-5-3-12(4-6-13)18-14-10-16-8-9-17-14/h2,7-10,12-13H,3-6H2,1H3,(H,17,18). The molecule has 1 aliphatic carbocycles. The van der Waals surface area contributed by atoms with Crippen molar-refractivity contribution in [3.05, 3.63) is 46.8 Å². The highest BCUT2D eigenvalue weighted by Crippen LogP contribution is 2.28. The van der Waals surface area contributed by atoms with Gasteiger partial charge in [0.15, 0.2) is 0 Å². The fraction of sp³-hybridized carbons (Fsp3) is 0.467. The Labute approximate surface area is 123 Å². The molecule has 2 aromatic heterocycles. The van der Waals surface area contributed by atoms with Crippen LogP contribution in [0.3, 0.4) is 0 Å². The van der Waals surface area contributed by atoms with Gasteiger partial charge in [0.1, 0.15) is 5.82 Å². The van der Waals surface area contributed by atoms with E-state index in [0.717, 1.165) is 37.2 Å². The molecule has 2 aromatic rings. The first-order valence-corrected chi connectivity index (χ1v) is 7.31. The molecule has 0 radical (unpaired) electrons. The van der Waals surface area contributed by atoms with Gasteiger partial charge in [-0.05, 0) is 38.7 Å². The SMILES string of the molecule is Cc1ccc(=O)n(C2CCC(Nc3cnccn3)CC2)n1. The summed E-state index contributed by atoms with van der Waals surface area (Å²) in [5.41, 5.74) is 0.875. The zero-order valence-corrected chi connectivity index (χ0v) is 12.1. The normalized spacial score (nSPS) is 22.0. The summed E-state index contributed by atoms with van der Waals surface area (Å²) in [4.78, 5) is 20.2. The smallest absolute Gasteiger partial charge is 0.267 e. The average Bonchev–Trinajstić information content (AvgIpc) is 2.52. The Morgan fingerprint density at radius 3 is 2.71 bits per heavy atom. The molecule has 110 valence electrons. The molecule has 0 aromatic carbocycles. The molecule has 1 N–H and O–H groups in total. The largest absolute Gasteiger partial charge is 0.366 e. The molecule has 6 heteroatoms. The number of hydrogen-bond acceptors (Lipinski definition) is 5. The van der Waals surface area contributed by atoms with Crippen LogP contribution in [-0.2, 0) is 0 Å².